The summed E-state index contributed by atoms with van der Waals surface area (Å²) in [6.45, 7) is 2.09. The zero-order chi connectivity index (χ0) is 9.97. The third kappa shape index (κ3) is 1.78. The van der Waals surface area contributed by atoms with E-state index in [0.717, 1.165) is 25.3 Å². The topological polar surface area (TPSA) is 54.2 Å². The van der Waals surface area contributed by atoms with Gasteiger partial charge >= 0.3 is 0 Å². The maximum Gasteiger partial charge on any atom is 0.146 e. The van der Waals surface area contributed by atoms with Crippen molar-refractivity contribution >= 4 is 0 Å². The first-order chi connectivity index (χ1) is 6.81. The van der Waals surface area contributed by atoms with E-state index in [-0.39, 0.29) is 6.61 Å². The van der Waals surface area contributed by atoms with E-state index < -0.39 is 0 Å². The van der Waals surface area contributed by atoms with Gasteiger partial charge in [0.25, 0.3) is 0 Å². The van der Waals surface area contributed by atoms with E-state index in [0.29, 0.717) is 6.04 Å². The summed E-state index contributed by atoms with van der Waals surface area (Å²) in [4.78, 5) is 2.27. The summed E-state index contributed by atoms with van der Waals surface area (Å²) in [5, 5.41) is 17.0. The summed E-state index contributed by atoms with van der Waals surface area (Å²) in [5.74, 6) is 0.963. The highest BCUT2D eigenvalue weighted by Gasteiger charge is 2.24. The molecule has 1 fully saturated rings. The Bertz CT molecular complexity index is 299. The average Bonchev–Trinajstić information content (AvgIpc) is 2.77. The second-order valence-corrected chi connectivity index (χ2v) is 3.81. The van der Waals surface area contributed by atoms with Gasteiger partial charge in [-0.1, -0.05) is 0 Å². The standard InChI is InChI=1S/C9H16N4O/c1-12-7-10-11-9(12)5-13-4-2-3-8(13)6-14/h7-8,14H,2-6H2,1H3. The third-order valence-electron chi connectivity index (χ3n) is 2.86. The first-order valence-electron chi connectivity index (χ1n) is 4.99. The summed E-state index contributed by atoms with van der Waals surface area (Å²) in [6, 6.07) is 0.312. The molecule has 5 nitrogen and oxygen atoms in total. The van der Waals surface area contributed by atoms with Crippen LogP contribution in [0.3, 0.4) is 0 Å². The van der Waals surface area contributed by atoms with Crippen LogP contribution in [0.1, 0.15) is 18.7 Å². The monoisotopic (exact) mass is 196 g/mol. The van der Waals surface area contributed by atoms with Gasteiger partial charge in [-0.2, -0.15) is 0 Å². The van der Waals surface area contributed by atoms with E-state index in [1.807, 2.05) is 11.6 Å². The maximum atomic E-state index is 9.15. The second-order valence-electron chi connectivity index (χ2n) is 3.81. The van der Waals surface area contributed by atoms with Gasteiger partial charge in [0.15, 0.2) is 0 Å². The molecule has 1 aliphatic rings. The Kier molecular flexibility index (Phi) is 2.79. The van der Waals surface area contributed by atoms with Crippen LogP contribution >= 0.6 is 0 Å². The van der Waals surface area contributed by atoms with E-state index in [9.17, 15) is 0 Å². The predicted molar refractivity (Wildman–Crippen MR) is 51.5 cm³/mol. The fourth-order valence-corrected chi connectivity index (χ4v) is 1.94. The smallest absolute Gasteiger partial charge is 0.146 e. The van der Waals surface area contributed by atoms with Crippen molar-refractivity contribution in [1.82, 2.24) is 19.7 Å². The van der Waals surface area contributed by atoms with Crippen LogP contribution in [0.25, 0.3) is 0 Å². The lowest BCUT2D eigenvalue weighted by molar-refractivity contribution is 0.150. The van der Waals surface area contributed by atoms with Gasteiger partial charge in [-0.05, 0) is 19.4 Å². The van der Waals surface area contributed by atoms with Gasteiger partial charge in [-0.3, -0.25) is 4.90 Å². The predicted octanol–water partition coefficient (Wildman–Crippen LogP) is -0.228. The molecule has 0 aliphatic carbocycles. The summed E-state index contributed by atoms with van der Waals surface area (Å²) in [7, 11) is 1.94. The van der Waals surface area contributed by atoms with E-state index in [2.05, 4.69) is 15.1 Å². The Morgan fingerprint density at radius 2 is 2.50 bits per heavy atom. The number of aromatic nitrogens is 3. The molecule has 1 aliphatic heterocycles. The summed E-state index contributed by atoms with van der Waals surface area (Å²) in [6.07, 6.45) is 3.97. The minimum absolute atomic E-state index is 0.248. The van der Waals surface area contributed by atoms with Gasteiger partial charge < -0.3 is 9.67 Å². The van der Waals surface area contributed by atoms with E-state index in [1.165, 1.54) is 6.42 Å². The molecule has 0 radical (unpaired) electrons. The normalized spacial score (nSPS) is 23.1. The minimum atomic E-state index is 0.248. The molecular weight excluding hydrogens is 180 g/mol. The van der Waals surface area contributed by atoms with Crippen LogP contribution in [-0.2, 0) is 13.6 Å². The number of rotatable bonds is 3. The van der Waals surface area contributed by atoms with Crippen LogP contribution in [0.5, 0.6) is 0 Å². The average molecular weight is 196 g/mol. The zero-order valence-electron chi connectivity index (χ0n) is 8.43. The molecule has 0 spiro atoms. The molecule has 78 valence electrons. The molecule has 1 saturated heterocycles. The van der Waals surface area contributed by atoms with Crippen molar-refractivity contribution in [2.75, 3.05) is 13.2 Å². The lowest BCUT2D eigenvalue weighted by atomic mass is 10.2. The molecule has 0 amide bonds. The van der Waals surface area contributed by atoms with Crippen LogP contribution in [0.4, 0.5) is 0 Å². The molecule has 0 bridgehead atoms. The molecule has 1 aromatic heterocycles. The zero-order valence-corrected chi connectivity index (χ0v) is 8.43. The Morgan fingerprint density at radius 3 is 3.14 bits per heavy atom. The molecule has 0 saturated carbocycles. The molecule has 1 atom stereocenters. The molecule has 14 heavy (non-hydrogen) atoms. The van der Waals surface area contributed by atoms with Crippen molar-refractivity contribution in [3.8, 4) is 0 Å². The Morgan fingerprint density at radius 1 is 1.64 bits per heavy atom. The van der Waals surface area contributed by atoms with Gasteiger partial charge in [0.2, 0.25) is 0 Å². The number of likely N-dealkylation sites (tertiary alicyclic amines) is 1. The minimum Gasteiger partial charge on any atom is -0.395 e. The third-order valence-corrected chi connectivity index (χ3v) is 2.86. The lowest BCUT2D eigenvalue weighted by Gasteiger charge is -2.21. The van der Waals surface area contributed by atoms with E-state index in [1.54, 1.807) is 6.33 Å². The second kappa shape index (κ2) is 4.06. The van der Waals surface area contributed by atoms with Crippen LogP contribution < -0.4 is 0 Å². The Balaban J connectivity index is 2.00. The Labute approximate surface area is 83.4 Å². The van der Waals surface area contributed by atoms with Crippen molar-refractivity contribution in [1.29, 1.82) is 0 Å². The summed E-state index contributed by atoms with van der Waals surface area (Å²) < 4.78 is 1.92. The molecule has 1 unspecified atom stereocenters. The van der Waals surface area contributed by atoms with Crippen LogP contribution in [-0.4, -0.2) is 44.0 Å². The van der Waals surface area contributed by atoms with Crippen LogP contribution in [0.2, 0.25) is 0 Å². The molecule has 2 rings (SSSR count). The SMILES string of the molecule is Cn1cnnc1CN1CCCC1CO. The molecule has 1 N–H and O–H groups in total. The largest absolute Gasteiger partial charge is 0.395 e. The van der Waals surface area contributed by atoms with Gasteiger partial charge in [-0.15, -0.1) is 10.2 Å². The summed E-state index contributed by atoms with van der Waals surface area (Å²) in [5.41, 5.74) is 0. The number of hydrogen-bond donors (Lipinski definition) is 1. The van der Waals surface area contributed by atoms with Gasteiger partial charge in [-0.25, -0.2) is 0 Å². The van der Waals surface area contributed by atoms with Crippen molar-refractivity contribution in [3.63, 3.8) is 0 Å². The highest BCUT2D eigenvalue weighted by Crippen LogP contribution is 2.18. The first kappa shape index (κ1) is 9.61. The molecule has 1 aromatic rings. The molecular formula is C9H16N4O. The van der Waals surface area contributed by atoms with Gasteiger partial charge in [0, 0.05) is 13.1 Å². The molecule has 5 heteroatoms. The molecule has 0 aromatic carbocycles. The highest BCUT2D eigenvalue weighted by atomic mass is 16.3. The fraction of sp³-hybridized carbons (Fsp3) is 0.778. The Hall–Kier alpha value is -0.940. The van der Waals surface area contributed by atoms with Crippen LogP contribution in [0, 0.1) is 0 Å². The number of nitrogens with zero attached hydrogens (tertiary/aromatic N) is 4. The lowest BCUT2D eigenvalue weighted by Crippen LogP contribution is -2.32. The van der Waals surface area contributed by atoms with E-state index >= 15 is 0 Å². The fourth-order valence-electron chi connectivity index (χ4n) is 1.94. The van der Waals surface area contributed by atoms with Crippen LogP contribution in [0.15, 0.2) is 6.33 Å². The first-order valence-corrected chi connectivity index (χ1v) is 4.99. The number of aliphatic hydroxyl groups is 1. The maximum absolute atomic E-state index is 9.15. The van der Waals surface area contributed by atoms with Crippen molar-refractivity contribution in [3.05, 3.63) is 12.2 Å². The number of aryl methyl sites for hydroxylation is 1. The number of hydrogen-bond acceptors (Lipinski definition) is 4. The van der Waals surface area contributed by atoms with Crippen molar-refractivity contribution in [2.24, 2.45) is 7.05 Å². The van der Waals surface area contributed by atoms with Gasteiger partial charge in [0.05, 0.1) is 13.2 Å². The summed E-state index contributed by atoms with van der Waals surface area (Å²) >= 11 is 0. The molecule has 2 heterocycles. The number of aliphatic hydroxyl groups excluding tert-OH is 1. The van der Waals surface area contributed by atoms with E-state index in [4.69, 9.17) is 5.11 Å². The van der Waals surface area contributed by atoms with Crippen molar-refractivity contribution in [2.45, 2.75) is 25.4 Å². The van der Waals surface area contributed by atoms with Gasteiger partial charge in [0.1, 0.15) is 12.2 Å². The highest BCUT2D eigenvalue weighted by molar-refractivity contribution is 4.88. The van der Waals surface area contributed by atoms with Crippen molar-refractivity contribution < 1.29 is 5.11 Å². The quantitative estimate of drug-likeness (QED) is 0.725.